The van der Waals surface area contributed by atoms with E-state index in [1.54, 1.807) is 24.4 Å². The van der Waals surface area contributed by atoms with Gasteiger partial charge in [-0.25, -0.2) is 14.4 Å². The Balaban J connectivity index is 1.68. The number of rotatable bonds is 3. The number of imidazole rings is 1. The number of benzene rings is 2. The van der Waals surface area contributed by atoms with Gasteiger partial charge in [-0.1, -0.05) is 41.8 Å². The van der Waals surface area contributed by atoms with Gasteiger partial charge in [-0.3, -0.25) is 4.79 Å². The van der Waals surface area contributed by atoms with E-state index in [0.717, 1.165) is 5.56 Å². The minimum absolute atomic E-state index is 0.113. The molecule has 4 aromatic rings. The van der Waals surface area contributed by atoms with E-state index >= 15 is 0 Å². The number of halogens is 2. The Morgan fingerprint density at radius 2 is 1.83 bits per heavy atom. The maximum atomic E-state index is 14.2. The summed E-state index contributed by atoms with van der Waals surface area (Å²) in [5, 5.41) is 0.201. The third-order valence-corrected chi connectivity index (χ3v) is 4.51. The highest BCUT2D eigenvalue weighted by molar-refractivity contribution is 6.33. The Labute approximate surface area is 171 Å². The molecule has 0 fully saturated rings. The molecule has 0 aliphatic rings. The van der Waals surface area contributed by atoms with Gasteiger partial charge in [-0.2, -0.15) is 0 Å². The Hall–Kier alpha value is -3.75. The topological polar surface area (TPSA) is 58.6 Å². The predicted molar refractivity (Wildman–Crippen MR) is 110 cm³/mol. The van der Waals surface area contributed by atoms with Crippen molar-refractivity contribution < 1.29 is 9.18 Å². The van der Waals surface area contributed by atoms with E-state index in [0.29, 0.717) is 23.2 Å². The Kier molecular flexibility index (Phi) is 5.19. The van der Waals surface area contributed by atoms with Gasteiger partial charge in [0.15, 0.2) is 6.29 Å². The molecule has 29 heavy (non-hydrogen) atoms. The van der Waals surface area contributed by atoms with E-state index in [-0.39, 0.29) is 22.1 Å². The van der Waals surface area contributed by atoms with E-state index in [1.807, 2.05) is 30.3 Å². The van der Waals surface area contributed by atoms with E-state index < -0.39 is 5.82 Å². The van der Waals surface area contributed by atoms with Gasteiger partial charge in [0.25, 0.3) is 0 Å². The number of aromatic amines is 1. The molecule has 4 nitrogen and oxygen atoms in total. The predicted octanol–water partition coefficient (Wildman–Crippen LogP) is 5.14. The Morgan fingerprint density at radius 3 is 2.52 bits per heavy atom. The molecule has 0 saturated heterocycles. The first-order chi connectivity index (χ1) is 14.2. The molecule has 0 atom stereocenters. The average molecular weight is 402 g/mol. The summed E-state index contributed by atoms with van der Waals surface area (Å²) in [4.78, 5) is 23.0. The van der Waals surface area contributed by atoms with Crippen molar-refractivity contribution in [3.05, 3.63) is 94.7 Å². The largest absolute Gasteiger partial charge is 0.335 e. The maximum absolute atomic E-state index is 14.2. The molecule has 2 aromatic heterocycles. The van der Waals surface area contributed by atoms with Crippen molar-refractivity contribution in [2.75, 3.05) is 0 Å². The van der Waals surface area contributed by atoms with E-state index in [2.05, 4.69) is 26.8 Å². The van der Waals surface area contributed by atoms with Crippen molar-refractivity contribution in [1.82, 2.24) is 15.0 Å². The second kappa shape index (κ2) is 8.09. The van der Waals surface area contributed by atoms with E-state index in [1.165, 1.54) is 12.1 Å². The molecule has 0 saturated carbocycles. The minimum atomic E-state index is -0.528. The molecule has 0 unspecified atom stereocenters. The fourth-order valence-electron chi connectivity index (χ4n) is 2.80. The molecule has 0 bridgehead atoms. The molecule has 2 heterocycles. The number of pyridine rings is 1. The lowest BCUT2D eigenvalue weighted by Crippen LogP contribution is -1.89. The maximum Gasteiger partial charge on any atom is 0.168 e. The number of aromatic nitrogens is 3. The number of aldehydes is 1. The Morgan fingerprint density at radius 1 is 1.00 bits per heavy atom. The highest BCUT2D eigenvalue weighted by Crippen LogP contribution is 2.31. The van der Waals surface area contributed by atoms with Crippen LogP contribution in [0.15, 0.2) is 66.9 Å². The number of hydrogen-bond acceptors (Lipinski definition) is 3. The summed E-state index contributed by atoms with van der Waals surface area (Å²) in [5.41, 5.74) is 2.77. The average Bonchev–Trinajstić information content (AvgIpc) is 3.17. The zero-order valence-electron chi connectivity index (χ0n) is 15.0. The van der Waals surface area contributed by atoms with Gasteiger partial charge in [-0.15, -0.1) is 0 Å². The van der Waals surface area contributed by atoms with Crippen LogP contribution in [-0.4, -0.2) is 21.2 Å². The lowest BCUT2D eigenvalue weighted by Gasteiger charge is -2.01. The van der Waals surface area contributed by atoms with Gasteiger partial charge in [-0.05, 0) is 42.3 Å². The first-order valence-corrected chi connectivity index (χ1v) is 9.06. The molecule has 0 amide bonds. The third-order valence-electron chi connectivity index (χ3n) is 4.19. The number of nitrogens with zero attached hydrogens (tertiary/aromatic N) is 2. The van der Waals surface area contributed by atoms with Crippen LogP contribution in [0, 0.1) is 17.7 Å². The second-order valence-electron chi connectivity index (χ2n) is 6.11. The number of carbonyl (C=O) groups is 1. The van der Waals surface area contributed by atoms with Crippen LogP contribution < -0.4 is 0 Å². The van der Waals surface area contributed by atoms with Crippen molar-refractivity contribution in [2.45, 2.75) is 0 Å². The summed E-state index contributed by atoms with van der Waals surface area (Å²) in [6.45, 7) is 0. The molecule has 140 valence electrons. The van der Waals surface area contributed by atoms with Crippen molar-refractivity contribution >= 4 is 17.9 Å². The lowest BCUT2D eigenvalue weighted by molar-refractivity contribution is 0.112. The standard InChI is InChI=1S/C23H13ClFN3O/c24-18-7-4-8-19(25)21(18)23-27-20(14-29)22(28-23)16-10-12-17(26-13-16)11-9-15-5-2-1-3-6-15/h1-8,10,12-14H,(H,27,28). The highest BCUT2D eigenvalue weighted by Gasteiger charge is 2.18. The van der Waals surface area contributed by atoms with E-state index in [4.69, 9.17) is 11.6 Å². The van der Waals surface area contributed by atoms with Crippen LogP contribution in [0.25, 0.3) is 22.6 Å². The van der Waals surface area contributed by atoms with Crippen molar-refractivity contribution in [3.8, 4) is 34.5 Å². The van der Waals surface area contributed by atoms with Crippen molar-refractivity contribution in [1.29, 1.82) is 0 Å². The molecule has 0 spiro atoms. The van der Waals surface area contributed by atoms with Crippen LogP contribution in [0.4, 0.5) is 4.39 Å². The van der Waals surface area contributed by atoms with Gasteiger partial charge in [0.2, 0.25) is 0 Å². The molecule has 1 N–H and O–H groups in total. The zero-order chi connectivity index (χ0) is 20.2. The molecule has 0 aliphatic heterocycles. The first-order valence-electron chi connectivity index (χ1n) is 8.69. The molecule has 2 aromatic carbocycles. The normalized spacial score (nSPS) is 10.3. The monoisotopic (exact) mass is 401 g/mol. The molecular weight excluding hydrogens is 389 g/mol. The fourth-order valence-corrected chi connectivity index (χ4v) is 3.05. The van der Waals surface area contributed by atoms with Gasteiger partial charge in [0.05, 0.1) is 10.6 Å². The third kappa shape index (κ3) is 3.93. The van der Waals surface area contributed by atoms with Crippen LogP contribution in [0.5, 0.6) is 0 Å². The smallest absolute Gasteiger partial charge is 0.168 e. The van der Waals surface area contributed by atoms with Crippen LogP contribution in [-0.2, 0) is 0 Å². The molecule has 0 radical (unpaired) electrons. The number of nitrogens with one attached hydrogen (secondary N) is 1. The summed E-state index contributed by atoms with van der Waals surface area (Å²) in [6, 6.07) is 17.4. The van der Waals surface area contributed by atoms with Gasteiger partial charge in [0, 0.05) is 17.3 Å². The lowest BCUT2D eigenvalue weighted by atomic mass is 10.1. The number of hydrogen-bond donors (Lipinski definition) is 1. The summed E-state index contributed by atoms with van der Waals surface area (Å²) >= 11 is 6.11. The van der Waals surface area contributed by atoms with E-state index in [9.17, 15) is 9.18 Å². The van der Waals surface area contributed by atoms with Crippen molar-refractivity contribution in [2.24, 2.45) is 0 Å². The first kappa shape index (κ1) is 18.6. The molecule has 6 heteroatoms. The molecular formula is C23H13ClFN3O. The second-order valence-corrected chi connectivity index (χ2v) is 6.52. The van der Waals surface area contributed by atoms with Crippen LogP contribution in [0.3, 0.4) is 0 Å². The van der Waals surface area contributed by atoms with Crippen LogP contribution >= 0.6 is 11.6 Å². The van der Waals surface area contributed by atoms with Gasteiger partial charge < -0.3 is 4.98 Å². The SMILES string of the molecule is O=Cc1[nH]c(-c2c(F)cccc2Cl)nc1-c1ccc(C#Cc2ccccc2)nc1. The molecule has 4 rings (SSSR count). The number of H-pyrrole nitrogens is 1. The van der Waals surface area contributed by atoms with Crippen LogP contribution in [0.1, 0.15) is 21.7 Å². The summed E-state index contributed by atoms with van der Waals surface area (Å²) in [7, 11) is 0. The quantitative estimate of drug-likeness (QED) is 0.382. The summed E-state index contributed by atoms with van der Waals surface area (Å²) in [6.07, 6.45) is 2.20. The van der Waals surface area contributed by atoms with Crippen molar-refractivity contribution in [3.63, 3.8) is 0 Å². The summed E-state index contributed by atoms with van der Waals surface area (Å²) < 4.78 is 14.2. The Bertz CT molecular complexity index is 1220. The van der Waals surface area contributed by atoms with Gasteiger partial charge >= 0.3 is 0 Å². The summed E-state index contributed by atoms with van der Waals surface area (Å²) in [5.74, 6) is 5.67. The van der Waals surface area contributed by atoms with Gasteiger partial charge in [0.1, 0.15) is 28.7 Å². The molecule has 0 aliphatic carbocycles. The zero-order valence-corrected chi connectivity index (χ0v) is 15.7. The fraction of sp³-hybridized carbons (Fsp3) is 0. The van der Waals surface area contributed by atoms with Crippen LogP contribution in [0.2, 0.25) is 5.02 Å². The highest BCUT2D eigenvalue weighted by atomic mass is 35.5. The minimum Gasteiger partial charge on any atom is -0.335 e. The number of carbonyl (C=O) groups excluding carboxylic acids is 1.